The van der Waals surface area contributed by atoms with Gasteiger partial charge in [-0.1, -0.05) is 16.8 Å². The monoisotopic (exact) mass is 366 g/mol. The predicted molar refractivity (Wildman–Crippen MR) is 70.0 cm³/mol. The Morgan fingerprint density at radius 1 is 1.53 bits per heavy atom. The van der Waals surface area contributed by atoms with Crippen molar-refractivity contribution in [2.24, 2.45) is 0 Å². The van der Waals surface area contributed by atoms with Crippen molar-refractivity contribution in [3.63, 3.8) is 0 Å². The lowest BCUT2D eigenvalue weighted by Crippen LogP contribution is -2.24. The van der Waals surface area contributed by atoms with Gasteiger partial charge in [-0.15, -0.1) is 0 Å². The summed E-state index contributed by atoms with van der Waals surface area (Å²) < 4.78 is 31.6. The highest BCUT2D eigenvalue weighted by molar-refractivity contribution is 9.10. The van der Waals surface area contributed by atoms with Gasteiger partial charge in [-0.3, -0.25) is 0 Å². The van der Waals surface area contributed by atoms with Gasteiger partial charge < -0.3 is 4.52 Å². The molecule has 0 bridgehead atoms. The zero-order chi connectivity index (χ0) is 14.0. The molecule has 10 heteroatoms. The van der Waals surface area contributed by atoms with E-state index in [2.05, 4.69) is 35.8 Å². The van der Waals surface area contributed by atoms with Crippen LogP contribution in [0.15, 0.2) is 26.2 Å². The van der Waals surface area contributed by atoms with Crippen LogP contribution in [0.3, 0.4) is 0 Å². The van der Waals surface area contributed by atoms with E-state index >= 15 is 0 Å². The van der Waals surface area contributed by atoms with Crippen LogP contribution in [0.2, 0.25) is 5.15 Å². The third kappa shape index (κ3) is 3.50. The zero-order valence-corrected chi connectivity index (χ0v) is 12.8. The minimum Gasteiger partial charge on any atom is -0.340 e. The summed E-state index contributed by atoms with van der Waals surface area (Å²) >= 11 is 8.90. The van der Waals surface area contributed by atoms with Crippen molar-refractivity contribution in [1.82, 2.24) is 19.8 Å². The quantitative estimate of drug-likeness (QED) is 0.825. The topological polar surface area (TPSA) is 98.0 Å². The smallest absolute Gasteiger partial charge is 0.244 e. The molecule has 0 aliphatic carbocycles. The number of hydrogen-bond acceptors (Lipinski definition) is 6. The first-order chi connectivity index (χ1) is 8.88. The van der Waals surface area contributed by atoms with Gasteiger partial charge in [-0.05, 0) is 22.0 Å². The fourth-order valence-corrected chi connectivity index (χ4v) is 3.16. The number of aryl methyl sites for hydroxylation is 1. The summed E-state index contributed by atoms with van der Waals surface area (Å²) in [5, 5.41) is 3.47. The van der Waals surface area contributed by atoms with Gasteiger partial charge in [0.1, 0.15) is 10.0 Å². The lowest BCUT2D eigenvalue weighted by Gasteiger charge is -2.06. The van der Waals surface area contributed by atoms with E-state index in [-0.39, 0.29) is 22.4 Å². The molecule has 2 aromatic rings. The Bertz CT molecular complexity index is 703. The van der Waals surface area contributed by atoms with E-state index in [9.17, 15) is 8.42 Å². The zero-order valence-electron chi connectivity index (χ0n) is 9.59. The van der Waals surface area contributed by atoms with Crippen LogP contribution >= 0.6 is 27.5 Å². The molecular weight excluding hydrogens is 360 g/mol. The van der Waals surface area contributed by atoms with Crippen LogP contribution in [0.4, 0.5) is 0 Å². The van der Waals surface area contributed by atoms with Crippen molar-refractivity contribution in [3.05, 3.63) is 33.6 Å². The van der Waals surface area contributed by atoms with Crippen molar-refractivity contribution < 1.29 is 12.9 Å². The van der Waals surface area contributed by atoms with E-state index in [1.165, 1.54) is 12.3 Å². The third-order valence-electron chi connectivity index (χ3n) is 2.05. The minimum atomic E-state index is -3.80. The first-order valence-electron chi connectivity index (χ1n) is 4.98. The number of nitrogens with one attached hydrogen (secondary N) is 1. The molecule has 0 aromatic carbocycles. The largest absolute Gasteiger partial charge is 0.340 e. The molecule has 2 rings (SSSR count). The van der Waals surface area contributed by atoms with E-state index < -0.39 is 10.0 Å². The Balaban J connectivity index is 2.20. The first kappa shape index (κ1) is 14.4. The summed E-state index contributed by atoms with van der Waals surface area (Å²) in [7, 11) is -3.80. The highest BCUT2D eigenvalue weighted by Gasteiger charge is 2.20. The third-order valence-corrected chi connectivity index (χ3v) is 4.31. The highest BCUT2D eigenvalue weighted by Crippen LogP contribution is 2.22. The lowest BCUT2D eigenvalue weighted by molar-refractivity contribution is 0.387. The average Bonchev–Trinajstić information content (AvgIpc) is 2.76. The van der Waals surface area contributed by atoms with Crippen molar-refractivity contribution in [3.8, 4) is 0 Å². The molecule has 0 unspecified atom stereocenters. The van der Waals surface area contributed by atoms with Gasteiger partial charge in [-0.25, -0.2) is 18.1 Å². The number of hydrogen-bond donors (Lipinski definition) is 1. The van der Waals surface area contributed by atoms with Crippen molar-refractivity contribution in [2.75, 3.05) is 0 Å². The fraction of sp³-hybridized carbons (Fsp3) is 0.222. The number of halogens is 2. The standard InChI is InChI=1S/C9H8BrClN4O3S/c1-5-14-8(15-18-5)4-13-19(16,17)7-2-6(10)3-12-9(7)11/h2-3,13H,4H2,1H3. The molecule has 0 saturated heterocycles. The van der Waals surface area contributed by atoms with Gasteiger partial charge >= 0.3 is 0 Å². The van der Waals surface area contributed by atoms with Crippen LogP contribution in [0.5, 0.6) is 0 Å². The summed E-state index contributed by atoms with van der Waals surface area (Å²) in [5.41, 5.74) is 0. The Hall–Kier alpha value is -1.03. The van der Waals surface area contributed by atoms with E-state index in [1.54, 1.807) is 6.92 Å². The maximum Gasteiger partial charge on any atom is 0.244 e. The Kier molecular flexibility index (Phi) is 4.19. The number of pyridine rings is 1. The van der Waals surface area contributed by atoms with Crippen LogP contribution in [-0.4, -0.2) is 23.5 Å². The predicted octanol–water partition coefficient (Wildman–Crippen LogP) is 1.67. The van der Waals surface area contributed by atoms with Crippen LogP contribution in [0.25, 0.3) is 0 Å². The van der Waals surface area contributed by atoms with Crippen molar-refractivity contribution in [2.45, 2.75) is 18.4 Å². The summed E-state index contributed by atoms with van der Waals surface area (Å²) in [4.78, 5) is 7.52. The van der Waals surface area contributed by atoms with Gasteiger partial charge in [-0.2, -0.15) is 4.98 Å². The fourth-order valence-electron chi connectivity index (χ4n) is 1.24. The number of rotatable bonds is 4. The Morgan fingerprint density at radius 3 is 2.89 bits per heavy atom. The molecule has 19 heavy (non-hydrogen) atoms. The normalized spacial score (nSPS) is 11.7. The molecular formula is C9H8BrClN4O3S. The summed E-state index contributed by atoms with van der Waals surface area (Å²) in [5.74, 6) is 0.594. The second kappa shape index (κ2) is 5.53. The highest BCUT2D eigenvalue weighted by atomic mass is 79.9. The number of sulfonamides is 1. The van der Waals surface area contributed by atoms with Gasteiger partial charge in [0.15, 0.2) is 5.82 Å². The summed E-state index contributed by atoms with van der Waals surface area (Å²) in [6, 6.07) is 1.36. The Morgan fingerprint density at radius 2 is 2.26 bits per heavy atom. The molecule has 0 amide bonds. The van der Waals surface area contributed by atoms with E-state index in [1.807, 2.05) is 0 Å². The number of aromatic nitrogens is 3. The molecule has 2 heterocycles. The molecule has 102 valence electrons. The van der Waals surface area contributed by atoms with E-state index in [0.29, 0.717) is 10.4 Å². The van der Waals surface area contributed by atoms with Crippen LogP contribution in [0.1, 0.15) is 11.7 Å². The molecule has 0 aliphatic heterocycles. The molecule has 2 aromatic heterocycles. The van der Waals surface area contributed by atoms with Gasteiger partial charge in [0.2, 0.25) is 15.9 Å². The maximum atomic E-state index is 12.0. The molecule has 0 aliphatic rings. The number of nitrogens with zero attached hydrogens (tertiary/aromatic N) is 3. The SMILES string of the molecule is Cc1nc(CNS(=O)(=O)c2cc(Br)cnc2Cl)no1. The van der Waals surface area contributed by atoms with Crippen LogP contribution < -0.4 is 4.72 Å². The van der Waals surface area contributed by atoms with Gasteiger partial charge in [0.25, 0.3) is 0 Å². The van der Waals surface area contributed by atoms with Crippen molar-refractivity contribution in [1.29, 1.82) is 0 Å². The average molecular weight is 368 g/mol. The van der Waals surface area contributed by atoms with E-state index in [4.69, 9.17) is 16.1 Å². The summed E-state index contributed by atoms with van der Waals surface area (Å²) in [6.07, 6.45) is 1.41. The lowest BCUT2D eigenvalue weighted by atomic mass is 10.5. The summed E-state index contributed by atoms with van der Waals surface area (Å²) in [6.45, 7) is 1.52. The first-order valence-corrected chi connectivity index (χ1v) is 7.64. The molecule has 0 atom stereocenters. The molecule has 1 N–H and O–H groups in total. The molecule has 0 fully saturated rings. The minimum absolute atomic E-state index is 0.0947. The van der Waals surface area contributed by atoms with E-state index in [0.717, 1.165) is 0 Å². The van der Waals surface area contributed by atoms with Gasteiger partial charge in [0.05, 0.1) is 6.54 Å². The second-order valence-corrected chi connectivity index (χ2v) is 6.51. The second-order valence-electron chi connectivity index (χ2n) is 3.50. The van der Waals surface area contributed by atoms with Crippen LogP contribution in [0, 0.1) is 6.92 Å². The molecule has 0 radical (unpaired) electrons. The molecule has 7 nitrogen and oxygen atoms in total. The molecule has 0 saturated carbocycles. The Labute approximate surface area is 122 Å². The van der Waals surface area contributed by atoms with Crippen LogP contribution in [-0.2, 0) is 16.6 Å². The van der Waals surface area contributed by atoms with Crippen molar-refractivity contribution >= 4 is 37.6 Å². The molecule has 0 spiro atoms. The maximum absolute atomic E-state index is 12.0. The van der Waals surface area contributed by atoms with Gasteiger partial charge in [0, 0.05) is 17.6 Å².